The number of anilines is 1. The molecule has 2 unspecified atom stereocenters. The van der Waals surface area contributed by atoms with E-state index in [0.717, 1.165) is 24.6 Å². The molecule has 1 aromatic carbocycles. The lowest BCUT2D eigenvalue weighted by atomic mass is 10.1. The van der Waals surface area contributed by atoms with Gasteiger partial charge in [0.2, 0.25) is 0 Å². The Morgan fingerprint density at radius 2 is 1.86 bits per heavy atom. The number of nitrogens with zero attached hydrogens (tertiary/aromatic N) is 4. The van der Waals surface area contributed by atoms with E-state index in [1.807, 2.05) is 24.8 Å². The van der Waals surface area contributed by atoms with Gasteiger partial charge in [0, 0.05) is 51.2 Å². The molecule has 0 spiro atoms. The highest BCUT2D eigenvalue weighted by atomic mass is 127. The molecule has 0 radical (unpaired) electrons. The number of halogens is 1. The van der Waals surface area contributed by atoms with E-state index < -0.39 is 0 Å². The molecule has 0 aliphatic carbocycles. The maximum Gasteiger partial charge on any atom is 0.191 e. The second-order valence-corrected chi connectivity index (χ2v) is 7.27. The Morgan fingerprint density at radius 3 is 2.39 bits per heavy atom. The molecule has 2 aromatic rings. The van der Waals surface area contributed by atoms with E-state index in [2.05, 4.69) is 84.6 Å². The molecule has 2 atom stereocenters. The number of aliphatic imine (C=N–C) groups is 1. The van der Waals surface area contributed by atoms with Gasteiger partial charge in [-0.2, -0.15) is 5.10 Å². The van der Waals surface area contributed by atoms with Crippen molar-refractivity contribution in [1.82, 2.24) is 20.4 Å². The predicted octanol–water partition coefficient (Wildman–Crippen LogP) is 3.28. The van der Waals surface area contributed by atoms with Crippen molar-refractivity contribution in [2.75, 3.05) is 25.5 Å². The highest BCUT2D eigenvalue weighted by Crippen LogP contribution is 2.15. The molecule has 1 aromatic heterocycles. The number of hydrogen-bond acceptors (Lipinski definition) is 3. The number of guanidine groups is 1. The number of likely N-dealkylation sites (N-methyl/N-ethyl adjacent to an activating group) is 1. The van der Waals surface area contributed by atoms with Crippen molar-refractivity contribution in [2.45, 2.75) is 46.2 Å². The van der Waals surface area contributed by atoms with Crippen molar-refractivity contribution in [3.8, 4) is 0 Å². The molecule has 0 saturated heterocycles. The fourth-order valence-electron chi connectivity index (χ4n) is 3.20. The number of benzene rings is 1. The van der Waals surface area contributed by atoms with Crippen molar-refractivity contribution in [3.63, 3.8) is 0 Å². The molecule has 0 aliphatic heterocycles. The zero-order chi connectivity index (χ0) is 20.0. The molecule has 2 N–H and O–H groups in total. The minimum absolute atomic E-state index is 0. The molecule has 0 aliphatic rings. The highest BCUT2D eigenvalue weighted by Gasteiger charge is 2.15. The van der Waals surface area contributed by atoms with Crippen LogP contribution >= 0.6 is 24.0 Å². The van der Waals surface area contributed by atoms with Gasteiger partial charge < -0.3 is 15.5 Å². The van der Waals surface area contributed by atoms with E-state index in [0.29, 0.717) is 6.04 Å². The number of para-hydroxylation sites is 1. The van der Waals surface area contributed by atoms with Crippen molar-refractivity contribution in [3.05, 3.63) is 47.3 Å². The largest absolute Gasteiger partial charge is 0.370 e. The average Bonchev–Trinajstić information content (AvgIpc) is 2.90. The summed E-state index contributed by atoms with van der Waals surface area (Å²) < 4.78 is 1.95. The summed E-state index contributed by atoms with van der Waals surface area (Å²) in [5.74, 6) is 0.829. The standard InChI is InChI=1S/C21H34N6.HI/c1-15(13-20-17(3)25-27(7)18(20)4)24-21(22-5)23-14-16(2)26(6)19-11-9-8-10-12-19;/h8-12,15-16H,13-14H2,1-7H3,(H2,22,23,24);1H. The number of rotatable bonds is 7. The maximum absolute atomic E-state index is 4.51. The topological polar surface area (TPSA) is 57.5 Å². The lowest BCUT2D eigenvalue weighted by Crippen LogP contribution is -2.47. The third kappa shape index (κ3) is 6.39. The van der Waals surface area contributed by atoms with Crippen molar-refractivity contribution in [2.24, 2.45) is 12.0 Å². The Labute approximate surface area is 186 Å². The van der Waals surface area contributed by atoms with E-state index in [9.17, 15) is 0 Å². The third-order valence-electron chi connectivity index (χ3n) is 5.17. The number of nitrogens with one attached hydrogen (secondary N) is 2. The first kappa shape index (κ1) is 24.3. The summed E-state index contributed by atoms with van der Waals surface area (Å²) in [6, 6.07) is 11.0. The van der Waals surface area contributed by atoms with Crippen LogP contribution < -0.4 is 15.5 Å². The minimum atomic E-state index is 0. The highest BCUT2D eigenvalue weighted by molar-refractivity contribution is 14.0. The van der Waals surface area contributed by atoms with Crippen molar-refractivity contribution < 1.29 is 0 Å². The fraction of sp³-hybridized carbons (Fsp3) is 0.524. The van der Waals surface area contributed by atoms with Gasteiger partial charge in [-0.3, -0.25) is 9.67 Å². The summed E-state index contributed by atoms with van der Waals surface area (Å²) >= 11 is 0. The molecule has 156 valence electrons. The lowest BCUT2D eigenvalue weighted by molar-refractivity contribution is 0.611. The summed E-state index contributed by atoms with van der Waals surface area (Å²) in [7, 11) is 5.93. The second kappa shape index (κ2) is 11.3. The minimum Gasteiger partial charge on any atom is -0.370 e. The quantitative estimate of drug-likeness (QED) is 0.350. The van der Waals surface area contributed by atoms with Crippen LogP contribution in [0.2, 0.25) is 0 Å². The molecule has 7 heteroatoms. The Morgan fingerprint density at radius 1 is 1.21 bits per heavy atom. The van der Waals surface area contributed by atoms with Crippen LogP contribution in [0.4, 0.5) is 5.69 Å². The van der Waals surface area contributed by atoms with Crippen LogP contribution in [0.5, 0.6) is 0 Å². The molecule has 0 fully saturated rings. The van der Waals surface area contributed by atoms with Gasteiger partial charge in [0.1, 0.15) is 0 Å². The van der Waals surface area contributed by atoms with Gasteiger partial charge in [0.05, 0.1) is 5.69 Å². The Kier molecular flexibility index (Phi) is 9.78. The fourth-order valence-corrected chi connectivity index (χ4v) is 3.20. The van der Waals surface area contributed by atoms with Crippen LogP contribution in [-0.2, 0) is 13.5 Å². The van der Waals surface area contributed by atoms with E-state index in [1.165, 1.54) is 16.9 Å². The van der Waals surface area contributed by atoms with Gasteiger partial charge in [0.15, 0.2) is 5.96 Å². The van der Waals surface area contributed by atoms with Crippen molar-refractivity contribution in [1.29, 1.82) is 0 Å². The van der Waals surface area contributed by atoms with Gasteiger partial charge in [-0.15, -0.1) is 24.0 Å². The van der Waals surface area contributed by atoms with Crippen molar-refractivity contribution >= 4 is 35.6 Å². The first-order valence-corrected chi connectivity index (χ1v) is 9.57. The van der Waals surface area contributed by atoms with Gasteiger partial charge in [-0.05, 0) is 51.8 Å². The van der Waals surface area contributed by atoms with E-state index >= 15 is 0 Å². The molecule has 28 heavy (non-hydrogen) atoms. The maximum atomic E-state index is 4.51. The number of aromatic nitrogens is 2. The van der Waals surface area contributed by atoms with Crippen LogP contribution in [0.1, 0.15) is 30.8 Å². The zero-order valence-electron chi connectivity index (χ0n) is 18.2. The Bertz CT molecular complexity index is 756. The molecule has 1 heterocycles. The van der Waals surface area contributed by atoms with E-state index in [1.54, 1.807) is 0 Å². The van der Waals surface area contributed by atoms with Gasteiger partial charge >= 0.3 is 0 Å². The molecular weight excluding hydrogens is 463 g/mol. The van der Waals surface area contributed by atoms with E-state index in [-0.39, 0.29) is 30.0 Å². The molecule has 0 bridgehead atoms. The SMILES string of the molecule is CN=C(NCC(C)N(C)c1ccccc1)NC(C)Cc1c(C)nn(C)c1C.I. The molecule has 2 rings (SSSR count). The van der Waals surface area contributed by atoms with Crippen LogP contribution in [0.25, 0.3) is 0 Å². The summed E-state index contributed by atoms with van der Waals surface area (Å²) in [5.41, 5.74) is 4.85. The van der Waals surface area contributed by atoms with Gasteiger partial charge in [-0.1, -0.05) is 18.2 Å². The van der Waals surface area contributed by atoms with Gasteiger partial charge in [-0.25, -0.2) is 0 Å². The molecule has 6 nitrogen and oxygen atoms in total. The summed E-state index contributed by atoms with van der Waals surface area (Å²) in [6.07, 6.45) is 0.922. The Balaban J connectivity index is 0.00000392. The monoisotopic (exact) mass is 498 g/mol. The van der Waals surface area contributed by atoms with Crippen LogP contribution in [0.15, 0.2) is 35.3 Å². The van der Waals surface area contributed by atoms with E-state index in [4.69, 9.17) is 0 Å². The number of hydrogen-bond donors (Lipinski definition) is 2. The number of aryl methyl sites for hydroxylation is 2. The predicted molar refractivity (Wildman–Crippen MR) is 130 cm³/mol. The first-order valence-electron chi connectivity index (χ1n) is 9.57. The Hall–Kier alpha value is -1.77. The smallest absolute Gasteiger partial charge is 0.191 e. The average molecular weight is 498 g/mol. The lowest BCUT2D eigenvalue weighted by Gasteiger charge is -2.28. The molecule has 0 saturated carbocycles. The second-order valence-electron chi connectivity index (χ2n) is 7.27. The van der Waals surface area contributed by atoms with Crippen LogP contribution in [0.3, 0.4) is 0 Å². The molecular formula is C21H35IN6. The summed E-state index contributed by atoms with van der Waals surface area (Å²) in [6.45, 7) is 9.39. The summed E-state index contributed by atoms with van der Waals surface area (Å²) in [4.78, 5) is 6.65. The van der Waals surface area contributed by atoms with Crippen LogP contribution in [-0.4, -0.2) is 48.5 Å². The van der Waals surface area contributed by atoms with Gasteiger partial charge in [0.25, 0.3) is 0 Å². The molecule has 0 amide bonds. The first-order chi connectivity index (χ1) is 12.8. The third-order valence-corrected chi connectivity index (χ3v) is 5.17. The summed E-state index contributed by atoms with van der Waals surface area (Å²) in [5, 5.41) is 11.5. The van der Waals surface area contributed by atoms with Crippen LogP contribution in [0, 0.1) is 13.8 Å². The normalized spacial score (nSPS) is 13.5. The zero-order valence-corrected chi connectivity index (χ0v) is 20.5.